The van der Waals surface area contributed by atoms with Gasteiger partial charge in [-0.05, 0) is 62.9 Å². The van der Waals surface area contributed by atoms with E-state index in [-0.39, 0.29) is 27.9 Å². The van der Waals surface area contributed by atoms with Gasteiger partial charge in [0.1, 0.15) is 4.90 Å². The minimum absolute atomic E-state index is 0.0684. The van der Waals surface area contributed by atoms with E-state index >= 15 is 0 Å². The van der Waals surface area contributed by atoms with Crippen LogP contribution in [0.15, 0.2) is 35.2 Å². The second-order valence-corrected chi connectivity index (χ2v) is 10.8. The van der Waals surface area contributed by atoms with E-state index in [2.05, 4.69) is 10.6 Å². The Morgan fingerprint density at radius 3 is 2.18 bits per heavy atom. The number of benzene rings is 2. The maximum Gasteiger partial charge on any atom is 0.251 e. The number of rotatable bonds is 6. The number of nitrogens with zero attached hydrogens (tertiary/aromatic N) is 1. The van der Waals surface area contributed by atoms with Crippen LogP contribution in [0.3, 0.4) is 0 Å². The van der Waals surface area contributed by atoms with Gasteiger partial charge in [0, 0.05) is 24.3 Å². The second-order valence-electron chi connectivity index (χ2n) is 8.47. The number of aryl methyl sites for hydroxylation is 3. The van der Waals surface area contributed by atoms with Crippen molar-refractivity contribution in [2.24, 2.45) is 0 Å². The van der Waals surface area contributed by atoms with Crippen molar-refractivity contribution in [3.05, 3.63) is 57.6 Å². The predicted molar refractivity (Wildman–Crippen MR) is 130 cm³/mol. The van der Waals surface area contributed by atoms with Crippen molar-refractivity contribution in [2.45, 2.75) is 51.3 Å². The van der Waals surface area contributed by atoms with Gasteiger partial charge >= 0.3 is 0 Å². The quantitative estimate of drug-likeness (QED) is 0.633. The first kappa shape index (κ1) is 25.2. The molecule has 0 atom stereocenters. The Kier molecular flexibility index (Phi) is 8.15. The molecule has 1 aliphatic heterocycles. The smallest absolute Gasteiger partial charge is 0.251 e. The molecule has 1 fully saturated rings. The van der Waals surface area contributed by atoms with Crippen molar-refractivity contribution in [1.82, 2.24) is 9.62 Å². The van der Waals surface area contributed by atoms with Crippen molar-refractivity contribution in [3.8, 4) is 0 Å². The Bertz CT molecular complexity index is 1130. The van der Waals surface area contributed by atoms with Crippen LogP contribution in [-0.2, 0) is 14.8 Å². The van der Waals surface area contributed by atoms with Crippen molar-refractivity contribution < 1.29 is 18.0 Å². The zero-order valence-corrected chi connectivity index (χ0v) is 20.8. The molecular formula is C24H30ClN3O4S. The molecule has 2 N–H and O–H groups in total. The number of hydrogen-bond donors (Lipinski definition) is 2. The summed E-state index contributed by atoms with van der Waals surface area (Å²) in [5.41, 5.74) is 3.83. The van der Waals surface area contributed by atoms with Gasteiger partial charge in [0.25, 0.3) is 5.91 Å². The molecule has 1 saturated heterocycles. The third kappa shape index (κ3) is 6.13. The Hall–Kier alpha value is -2.42. The lowest BCUT2D eigenvalue weighted by Crippen LogP contribution is -2.34. The Balaban J connectivity index is 1.70. The first-order chi connectivity index (χ1) is 15.6. The molecule has 178 valence electrons. The summed E-state index contributed by atoms with van der Waals surface area (Å²) >= 11 is 6.20. The first-order valence-electron chi connectivity index (χ1n) is 11.0. The van der Waals surface area contributed by atoms with E-state index in [4.69, 9.17) is 11.6 Å². The molecule has 2 aromatic rings. The summed E-state index contributed by atoms with van der Waals surface area (Å²) in [4.78, 5) is 25.0. The predicted octanol–water partition coefficient (Wildman–Crippen LogP) is 4.20. The number of carbonyl (C=O) groups excluding carboxylic acids is 2. The van der Waals surface area contributed by atoms with Crippen LogP contribution in [-0.4, -0.2) is 44.2 Å². The van der Waals surface area contributed by atoms with Crippen LogP contribution in [0.1, 0.15) is 52.7 Å². The highest BCUT2D eigenvalue weighted by Crippen LogP contribution is 2.28. The molecule has 33 heavy (non-hydrogen) atoms. The van der Waals surface area contributed by atoms with Gasteiger partial charge in [-0.2, -0.15) is 4.31 Å². The van der Waals surface area contributed by atoms with Crippen LogP contribution < -0.4 is 10.6 Å². The SMILES string of the molecule is Cc1cc(C)c(NC(=O)CNC(=O)c2ccc(Cl)c(S(=O)(=O)N3CCCCCC3)c2)c(C)c1. The van der Waals surface area contributed by atoms with E-state index in [0.29, 0.717) is 13.1 Å². The lowest BCUT2D eigenvalue weighted by Gasteiger charge is -2.21. The number of sulfonamides is 1. The Morgan fingerprint density at radius 1 is 0.970 bits per heavy atom. The first-order valence-corrected chi connectivity index (χ1v) is 12.9. The fourth-order valence-corrected chi connectivity index (χ4v) is 6.10. The monoisotopic (exact) mass is 491 g/mol. The molecule has 2 amide bonds. The van der Waals surface area contributed by atoms with Gasteiger partial charge in [0.2, 0.25) is 15.9 Å². The second kappa shape index (κ2) is 10.7. The molecule has 7 nitrogen and oxygen atoms in total. The third-order valence-corrected chi connectivity index (χ3v) is 8.11. The number of nitrogens with one attached hydrogen (secondary N) is 2. The molecule has 0 bridgehead atoms. The van der Waals surface area contributed by atoms with Crippen molar-refractivity contribution in [2.75, 3.05) is 25.0 Å². The van der Waals surface area contributed by atoms with Gasteiger partial charge in [-0.15, -0.1) is 0 Å². The number of amides is 2. The molecule has 0 radical (unpaired) electrons. The van der Waals surface area contributed by atoms with E-state index in [1.165, 1.54) is 22.5 Å². The number of anilines is 1. The summed E-state index contributed by atoms with van der Waals surface area (Å²) in [5.74, 6) is -0.920. The molecule has 9 heteroatoms. The van der Waals surface area contributed by atoms with Crippen LogP contribution >= 0.6 is 11.6 Å². The number of carbonyl (C=O) groups is 2. The summed E-state index contributed by atoms with van der Waals surface area (Å²) in [6, 6.07) is 8.08. The summed E-state index contributed by atoms with van der Waals surface area (Å²) in [7, 11) is -3.82. The highest BCUT2D eigenvalue weighted by molar-refractivity contribution is 7.89. The molecule has 3 rings (SSSR count). The van der Waals surface area contributed by atoms with Gasteiger partial charge in [-0.3, -0.25) is 9.59 Å². The van der Waals surface area contributed by atoms with Crippen LogP contribution in [0.5, 0.6) is 0 Å². The van der Waals surface area contributed by atoms with Crippen LogP contribution in [0, 0.1) is 20.8 Å². The molecule has 1 heterocycles. The third-order valence-electron chi connectivity index (χ3n) is 5.73. The molecule has 0 spiro atoms. The minimum Gasteiger partial charge on any atom is -0.343 e. The molecule has 2 aromatic carbocycles. The molecule has 0 aromatic heterocycles. The van der Waals surface area contributed by atoms with Gasteiger partial charge in [-0.25, -0.2) is 8.42 Å². The van der Waals surface area contributed by atoms with Crippen molar-refractivity contribution in [1.29, 1.82) is 0 Å². The lowest BCUT2D eigenvalue weighted by molar-refractivity contribution is -0.115. The Labute approximate surface area is 200 Å². The fraction of sp³-hybridized carbons (Fsp3) is 0.417. The van der Waals surface area contributed by atoms with Gasteiger partial charge in [0.05, 0.1) is 11.6 Å². The topological polar surface area (TPSA) is 95.6 Å². The van der Waals surface area contributed by atoms with E-state index in [0.717, 1.165) is 48.1 Å². The standard InChI is InChI=1S/C24H30ClN3O4S/c1-16-12-17(2)23(18(3)13-16)27-22(29)15-26-24(30)19-8-9-20(25)21(14-19)33(31,32)28-10-6-4-5-7-11-28/h8-9,12-14H,4-7,10-11,15H2,1-3H3,(H,26,30)(H,27,29). The summed E-state index contributed by atoms with van der Waals surface area (Å²) < 4.78 is 27.7. The Morgan fingerprint density at radius 2 is 1.58 bits per heavy atom. The van der Waals surface area contributed by atoms with Crippen LogP contribution in [0.4, 0.5) is 5.69 Å². The average molecular weight is 492 g/mol. The van der Waals surface area contributed by atoms with Gasteiger partial charge < -0.3 is 10.6 Å². The van der Waals surface area contributed by atoms with Gasteiger partial charge in [-0.1, -0.05) is 42.1 Å². The molecule has 0 saturated carbocycles. The highest BCUT2D eigenvalue weighted by atomic mass is 35.5. The zero-order chi connectivity index (χ0) is 24.2. The average Bonchev–Trinajstić information content (AvgIpc) is 3.05. The van der Waals surface area contributed by atoms with E-state index in [1.54, 1.807) is 0 Å². The molecular weight excluding hydrogens is 462 g/mol. The van der Waals surface area contributed by atoms with Crippen LogP contribution in [0.2, 0.25) is 5.02 Å². The van der Waals surface area contributed by atoms with E-state index in [9.17, 15) is 18.0 Å². The fourth-order valence-electron chi connectivity index (χ4n) is 4.09. The minimum atomic E-state index is -3.82. The maximum absolute atomic E-state index is 13.1. The van der Waals surface area contributed by atoms with Crippen molar-refractivity contribution >= 4 is 39.1 Å². The summed E-state index contributed by atoms with van der Waals surface area (Å²) in [5, 5.41) is 5.45. The number of hydrogen-bond acceptors (Lipinski definition) is 4. The zero-order valence-electron chi connectivity index (χ0n) is 19.2. The normalized spacial score (nSPS) is 15.0. The number of halogens is 1. The van der Waals surface area contributed by atoms with Gasteiger partial charge in [0.15, 0.2) is 0 Å². The summed E-state index contributed by atoms with van der Waals surface area (Å²) in [6.07, 6.45) is 3.58. The lowest BCUT2D eigenvalue weighted by atomic mass is 10.1. The molecule has 0 aliphatic carbocycles. The van der Waals surface area contributed by atoms with Crippen LogP contribution in [0.25, 0.3) is 0 Å². The van der Waals surface area contributed by atoms with Crippen molar-refractivity contribution in [3.63, 3.8) is 0 Å². The molecule has 0 unspecified atom stereocenters. The van der Waals surface area contributed by atoms with E-state index in [1.807, 2.05) is 32.9 Å². The van der Waals surface area contributed by atoms with E-state index < -0.39 is 15.9 Å². The maximum atomic E-state index is 13.1. The largest absolute Gasteiger partial charge is 0.343 e. The summed E-state index contributed by atoms with van der Waals surface area (Å²) in [6.45, 7) is 6.43. The highest BCUT2D eigenvalue weighted by Gasteiger charge is 2.28. The molecule has 1 aliphatic rings.